The fourth-order valence-corrected chi connectivity index (χ4v) is 0.877. The van der Waals surface area contributed by atoms with Crippen LogP contribution in [0.1, 0.15) is 13.8 Å². The molecule has 0 aliphatic heterocycles. The summed E-state index contributed by atoms with van der Waals surface area (Å²) in [6.07, 6.45) is 0. The van der Waals surface area contributed by atoms with Gasteiger partial charge in [-0.05, 0) is 13.8 Å². The molecular formula is C7H17N3O. The summed E-state index contributed by atoms with van der Waals surface area (Å²) < 4.78 is 0. The van der Waals surface area contributed by atoms with E-state index in [9.17, 15) is 4.79 Å². The summed E-state index contributed by atoms with van der Waals surface area (Å²) in [4.78, 5) is 12.8. The topological polar surface area (TPSA) is 58.4 Å². The van der Waals surface area contributed by atoms with Gasteiger partial charge in [0.2, 0.25) is 0 Å². The van der Waals surface area contributed by atoms with Crippen LogP contribution in [0.3, 0.4) is 0 Å². The van der Waals surface area contributed by atoms with Gasteiger partial charge in [-0.3, -0.25) is 0 Å². The number of amides is 2. The van der Waals surface area contributed by atoms with Crippen LogP contribution in [0, 0.1) is 0 Å². The molecule has 0 unspecified atom stereocenters. The predicted octanol–water partition coefficient (Wildman–Crippen LogP) is -0.00510. The van der Waals surface area contributed by atoms with Gasteiger partial charge in [0.05, 0.1) is 0 Å². The van der Waals surface area contributed by atoms with Crippen molar-refractivity contribution >= 4 is 6.03 Å². The second-order valence-electron chi connectivity index (χ2n) is 2.63. The standard InChI is InChI=1S/C7H17N3O/c1-6(2)10(5-4-8)7(11)9-3/h6H,4-5,8H2,1-3H3,(H,9,11). The van der Waals surface area contributed by atoms with Crippen LogP contribution in [0.5, 0.6) is 0 Å². The van der Waals surface area contributed by atoms with Gasteiger partial charge in [-0.25, -0.2) is 4.79 Å². The van der Waals surface area contributed by atoms with Crippen molar-refractivity contribution in [3.8, 4) is 0 Å². The first-order chi connectivity index (χ1) is 5.13. The third-order valence-electron chi connectivity index (χ3n) is 1.47. The second kappa shape index (κ2) is 4.96. The fourth-order valence-electron chi connectivity index (χ4n) is 0.877. The number of hydrogen-bond acceptors (Lipinski definition) is 2. The molecule has 0 radical (unpaired) electrons. The molecule has 0 bridgehead atoms. The van der Waals surface area contributed by atoms with Crippen molar-refractivity contribution in [2.75, 3.05) is 20.1 Å². The van der Waals surface area contributed by atoms with Crippen LogP contribution in [0.15, 0.2) is 0 Å². The van der Waals surface area contributed by atoms with E-state index >= 15 is 0 Å². The molecule has 3 N–H and O–H groups in total. The molecule has 0 aliphatic carbocycles. The molecule has 0 fully saturated rings. The van der Waals surface area contributed by atoms with E-state index in [1.165, 1.54) is 0 Å². The monoisotopic (exact) mass is 159 g/mol. The molecule has 0 saturated carbocycles. The molecule has 4 nitrogen and oxygen atoms in total. The van der Waals surface area contributed by atoms with Crippen molar-refractivity contribution in [2.24, 2.45) is 5.73 Å². The second-order valence-corrected chi connectivity index (χ2v) is 2.63. The zero-order valence-electron chi connectivity index (χ0n) is 7.42. The zero-order chi connectivity index (χ0) is 8.85. The molecule has 4 heteroatoms. The van der Waals surface area contributed by atoms with Crippen LogP contribution in [-0.2, 0) is 0 Å². The molecule has 0 heterocycles. The lowest BCUT2D eigenvalue weighted by Gasteiger charge is -2.25. The summed E-state index contributed by atoms with van der Waals surface area (Å²) in [6, 6.07) is 0.143. The van der Waals surface area contributed by atoms with Gasteiger partial charge >= 0.3 is 6.03 Å². The quantitative estimate of drug-likeness (QED) is 0.608. The Bertz CT molecular complexity index is 125. The first-order valence-corrected chi connectivity index (χ1v) is 3.82. The minimum absolute atomic E-state index is 0.0644. The van der Waals surface area contributed by atoms with Gasteiger partial charge in [0.25, 0.3) is 0 Å². The number of nitrogens with one attached hydrogen (secondary N) is 1. The van der Waals surface area contributed by atoms with E-state index in [4.69, 9.17) is 5.73 Å². The van der Waals surface area contributed by atoms with Crippen molar-refractivity contribution in [3.63, 3.8) is 0 Å². The van der Waals surface area contributed by atoms with Gasteiger partial charge in [0.1, 0.15) is 0 Å². The van der Waals surface area contributed by atoms with Crippen molar-refractivity contribution in [1.82, 2.24) is 10.2 Å². The van der Waals surface area contributed by atoms with Gasteiger partial charge < -0.3 is 16.0 Å². The average Bonchev–Trinajstić information content (AvgIpc) is 1.98. The first kappa shape index (κ1) is 10.2. The molecule has 0 aromatic rings. The summed E-state index contributed by atoms with van der Waals surface area (Å²) in [6.45, 7) is 5.04. The van der Waals surface area contributed by atoms with E-state index in [-0.39, 0.29) is 12.1 Å². The van der Waals surface area contributed by atoms with Crippen LogP contribution in [0.2, 0.25) is 0 Å². The number of nitrogens with zero attached hydrogens (tertiary/aromatic N) is 1. The largest absolute Gasteiger partial charge is 0.341 e. The molecule has 0 aliphatic rings. The van der Waals surface area contributed by atoms with E-state index in [1.54, 1.807) is 11.9 Å². The smallest absolute Gasteiger partial charge is 0.317 e. The number of carbonyl (C=O) groups is 1. The Labute approximate surface area is 67.7 Å². The zero-order valence-corrected chi connectivity index (χ0v) is 7.42. The number of hydrogen-bond donors (Lipinski definition) is 2. The Morgan fingerprint density at radius 3 is 2.45 bits per heavy atom. The van der Waals surface area contributed by atoms with Gasteiger partial charge in [-0.2, -0.15) is 0 Å². The molecule has 0 atom stereocenters. The Balaban J connectivity index is 3.98. The SMILES string of the molecule is CNC(=O)N(CCN)C(C)C. The summed E-state index contributed by atoms with van der Waals surface area (Å²) in [5.41, 5.74) is 5.34. The van der Waals surface area contributed by atoms with Crippen molar-refractivity contribution in [1.29, 1.82) is 0 Å². The Hall–Kier alpha value is -0.770. The maximum Gasteiger partial charge on any atom is 0.317 e. The maximum absolute atomic E-state index is 11.1. The Morgan fingerprint density at radius 2 is 2.18 bits per heavy atom. The highest BCUT2D eigenvalue weighted by molar-refractivity contribution is 5.74. The van der Waals surface area contributed by atoms with E-state index in [1.807, 2.05) is 13.8 Å². The van der Waals surface area contributed by atoms with E-state index in [0.29, 0.717) is 13.1 Å². The Morgan fingerprint density at radius 1 is 1.64 bits per heavy atom. The molecule has 0 rings (SSSR count). The third kappa shape index (κ3) is 3.23. The van der Waals surface area contributed by atoms with Gasteiger partial charge in [-0.1, -0.05) is 0 Å². The molecule has 11 heavy (non-hydrogen) atoms. The van der Waals surface area contributed by atoms with Crippen LogP contribution in [0.25, 0.3) is 0 Å². The molecule has 0 aromatic heterocycles. The number of urea groups is 1. The van der Waals surface area contributed by atoms with Crippen LogP contribution in [0.4, 0.5) is 4.79 Å². The van der Waals surface area contributed by atoms with Crippen LogP contribution < -0.4 is 11.1 Å². The van der Waals surface area contributed by atoms with Crippen molar-refractivity contribution < 1.29 is 4.79 Å². The highest BCUT2D eigenvalue weighted by Crippen LogP contribution is 1.96. The minimum Gasteiger partial charge on any atom is -0.341 e. The van der Waals surface area contributed by atoms with Crippen molar-refractivity contribution in [2.45, 2.75) is 19.9 Å². The first-order valence-electron chi connectivity index (χ1n) is 3.82. The van der Waals surface area contributed by atoms with E-state index in [2.05, 4.69) is 5.32 Å². The van der Waals surface area contributed by atoms with Gasteiger partial charge in [0.15, 0.2) is 0 Å². The van der Waals surface area contributed by atoms with Crippen LogP contribution in [-0.4, -0.2) is 37.1 Å². The lowest BCUT2D eigenvalue weighted by molar-refractivity contribution is 0.187. The molecule has 0 spiro atoms. The summed E-state index contributed by atoms with van der Waals surface area (Å²) in [5, 5.41) is 2.56. The van der Waals surface area contributed by atoms with E-state index < -0.39 is 0 Å². The summed E-state index contributed by atoms with van der Waals surface area (Å²) in [5.74, 6) is 0. The third-order valence-corrected chi connectivity index (χ3v) is 1.47. The molecule has 66 valence electrons. The lowest BCUT2D eigenvalue weighted by Crippen LogP contribution is -2.44. The number of rotatable bonds is 3. The maximum atomic E-state index is 11.1. The highest BCUT2D eigenvalue weighted by atomic mass is 16.2. The number of carbonyl (C=O) groups excluding carboxylic acids is 1. The summed E-state index contributed by atoms with van der Waals surface area (Å²) in [7, 11) is 1.62. The Kier molecular flexibility index (Phi) is 4.61. The summed E-state index contributed by atoms with van der Waals surface area (Å²) >= 11 is 0. The van der Waals surface area contributed by atoms with E-state index in [0.717, 1.165) is 0 Å². The normalized spacial score (nSPS) is 9.91. The predicted molar refractivity (Wildman–Crippen MR) is 45.4 cm³/mol. The highest BCUT2D eigenvalue weighted by Gasteiger charge is 2.13. The average molecular weight is 159 g/mol. The number of nitrogens with two attached hydrogens (primary N) is 1. The molecule has 2 amide bonds. The minimum atomic E-state index is -0.0644. The lowest BCUT2D eigenvalue weighted by atomic mass is 10.3. The molecular weight excluding hydrogens is 142 g/mol. The molecule has 0 saturated heterocycles. The van der Waals surface area contributed by atoms with Crippen molar-refractivity contribution in [3.05, 3.63) is 0 Å². The molecule has 0 aromatic carbocycles. The van der Waals surface area contributed by atoms with Gasteiger partial charge in [0, 0.05) is 26.2 Å². The van der Waals surface area contributed by atoms with Gasteiger partial charge in [-0.15, -0.1) is 0 Å². The fraction of sp³-hybridized carbons (Fsp3) is 0.857. The van der Waals surface area contributed by atoms with Crippen LogP contribution >= 0.6 is 0 Å².